The molecule has 0 unspecified atom stereocenters. The molecule has 0 radical (unpaired) electrons. The summed E-state index contributed by atoms with van der Waals surface area (Å²) in [6.07, 6.45) is 2.78. The summed E-state index contributed by atoms with van der Waals surface area (Å²) in [7, 11) is 1.54. The molecule has 0 spiro atoms. The zero-order chi connectivity index (χ0) is 14.5. The van der Waals surface area contributed by atoms with Gasteiger partial charge in [-0.2, -0.15) is 0 Å². The van der Waals surface area contributed by atoms with E-state index in [4.69, 9.17) is 14.2 Å². The molecule has 1 aliphatic heterocycles. The van der Waals surface area contributed by atoms with Crippen LogP contribution in [0.4, 0.5) is 0 Å². The van der Waals surface area contributed by atoms with Gasteiger partial charge < -0.3 is 19.1 Å². The first kappa shape index (κ1) is 15.7. The molecule has 1 heterocycles. The van der Waals surface area contributed by atoms with Crippen molar-refractivity contribution in [3.63, 3.8) is 0 Å². The number of ether oxygens (including phenoxy) is 3. The fraction of sp³-hybridized carbons (Fsp3) is 0.692. The van der Waals surface area contributed by atoms with Crippen molar-refractivity contribution in [2.45, 2.75) is 32.7 Å². The Labute approximate surface area is 113 Å². The average molecular weight is 271 g/mol. The van der Waals surface area contributed by atoms with Crippen molar-refractivity contribution in [3.8, 4) is 0 Å². The third-order valence-corrected chi connectivity index (χ3v) is 2.53. The monoisotopic (exact) mass is 271 g/mol. The molecule has 6 nitrogen and oxygen atoms in total. The summed E-state index contributed by atoms with van der Waals surface area (Å²) in [5, 5.41) is 0. The van der Waals surface area contributed by atoms with E-state index in [1.54, 1.807) is 20.0 Å². The Hall–Kier alpha value is -1.40. The Morgan fingerprint density at radius 2 is 2.16 bits per heavy atom. The maximum Gasteiger partial charge on any atom is 0.325 e. The highest BCUT2D eigenvalue weighted by Crippen LogP contribution is 2.22. The molecular weight excluding hydrogens is 250 g/mol. The van der Waals surface area contributed by atoms with Crippen LogP contribution >= 0.6 is 0 Å². The second-order valence-electron chi connectivity index (χ2n) is 4.73. The van der Waals surface area contributed by atoms with Crippen LogP contribution < -0.4 is 0 Å². The van der Waals surface area contributed by atoms with Crippen LogP contribution in [0.15, 0.2) is 12.2 Å². The van der Waals surface area contributed by atoms with Gasteiger partial charge in [0.2, 0.25) is 5.91 Å². The molecule has 0 aromatic rings. The Balaban J connectivity index is 2.40. The maximum atomic E-state index is 11.7. The van der Waals surface area contributed by atoms with Gasteiger partial charge in [-0.05, 0) is 26.8 Å². The molecule has 0 bridgehead atoms. The molecule has 0 aliphatic carbocycles. The first-order valence-electron chi connectivity index (χ1n) is 6.24. The van der Waals surface area contributed by atoms with E-state index >= 15 is 0 Å². The third-order valence-electron chi connectivity index (χ3n) is 2.53. The summed E-state index contributed by atoms with van der Waals surface area (Å²) in [6.45, 7) is 6.01. The van der Waals surface area contributed by atoms with Gasteiger partial charge in [0.1, 0.15) is 12.6 Å². The Morgan fingerprint density at radius 3 is 2.68 bits per heavy atom. The van der Waals surface area contributed by atoms with Gasteiger partial charge in [-0.3, -0.25) is 9.59 Å². The summed E-state index contributed by atoms with van der Waals surface area (Å²) >= 11 is 0. The topological polar surface area (TPSA) is 65.1 Å². The molecule has 0 aromatic carbocycles. The minimum atomic E-state index is -0.616. The summed E-state index contributed by atoms with van der Waals surface area (Å²) < 4.78 is 15.7. The number of rotatable bonds is 5. The number of hydrogen-bond acceptors (Lipinski definition) is 5. The van der Waals surface area contributed by atoms with Crippen molar-refractivity contribution in [1.82, 2.24) is 4.90 Å². The van der Waals surface area contributed by atoms with Crippen molar-refractivity contribution in [2.75, 3.05) is 26.8 Å². The molecule has 1 saturated heterocycles. The standard InChI is InChI=1S/C13H21NO5/c1-5-17-12(16)8-14(4)11(15)7-6-10-9-18-13(2,3)19-10/h6-7,10H,5,8-9H2,1-4H3/b7-6+/t10-/m0/s1. The number of nitrogens with zero attached hydrogens (tertiary/aromatic N) is 1. The molecule has 108 valence electrons. The molecule has 1 amide bonds. The lowest BCUT2D eigenvalue weighted by atomic mass is 10.3. The van der Waals surface area contributed by atoms with Crippen LogP contribution in [-0.2, 0) is 23.8 Å². The predicted octanol–water partition coefficient (Wildman–Crippen LogP) is 0.716. The van der Waals surface area contributed by atoms with Gasteiger partial charge in [-0.1, -0.05) is 0 Å². The Morgan fingerprint density at radius 1 is 1.47 bits per heavy atom. The number of carbonyl (C=O) groups is 2. The zero-order valence-corrected chi connectivity index (χ0v) is 11.8. The van der Waals surface area contributed by atoms with Crippen molar-refractivity contribution < 1.29 is 23.8 Å². The molecule has 0 N–H and O–H groups in total. The normalized spacial score (nSPS) is 21.6. The number of hydrogen-bond donors (Lipinski definition) is 0. The number of amides is 1. The summed E-state index contributed by atoms with van der Waals surface area (Å²) in [4.78, 5) is 24.2. The molecule has 6 heteroatoms. The summed E-state index contributed by atoms with van der Waals surface area (Å²) in [6, 6.07) is 0. The molecule has 1 atom stereocenters. The van der Waals surface area contributed by atoms with Gasteiger partial charge in [0.25, 0.3) is 0 Å². The smallest absolute Gasteiger partial charge is 0.325 e. The first-order chi connectivity index (χ1) is 8.84. The fourth-order valence-corrected chi connectivity index (χ4v) is 1.61. The molecule has 0 aromatic heterocycles. The van der Waals surface area contributed by atoms with Gasteiger partial charge in [0.15, 0.2) is 5.79 Å². The molecule has 1 rings (SSSR count). The van der Waals surface area contributed by atoms with Gasteiger partial charge in [-0.25, -0.2) is 0 Å². The van der Waals surface area contributed by atoms with Crippen LogP contribution in [0, 0.1) is 0 Å². The Kier molecular flexibility index (Phi) is 5.50. The van der Waals surface area contributed by atoms with Crippen molar-refractivity contribution >= 4 is 11.9 Å². The van der Waals surface area contributed by atoms with E-state index in [1.165, 1.54) is 11.0 Å². The minimum absolute atomic E-state index is 0.0650. The molecule has 0 saturated carbocycles. The van der Waals surface area contributed by atoms with Crippen LogP contribution in [0.1, 0.15) is 20.8 Å². The van der Waals surface area contributed by atoms with Crippen LogP contribution in [-0.4, -0.2) is 55.5 Å². The minimum Gasteiger partial charge on any atom is -0.465 e. The van der Waals surface area contributed by atoms with Crippen molar-refractivity contribution in [1.29, 1.82) is 0 Å². The van der Waals surface area contributed by atoms with Gasteiger partial charge >= 0.3 is 5.97 Å². The highest BCUT2D eigenvalue weighted by molar-refractivity contribution is 5.90. The lowest BCUT2D eigenvalue weighted by Crippen LogP contribution is -2.32. The van der Waals surface area contributed by atoms with E-state index in [9.17, 15) is 9.59 Å². The van der Waals surface area contributed by atoms with E-state index in [0.717, 1.165) is 0 Å². The van der Waals surface area contributed by atoms with Crippen LogP contribution in [0.25, 0.3) is 0 Å². The molecule has 1 aliphatic rings. The maximum absolute atomic E-state index is 11.7. The van der Waals surface area contributed by atoms with E-state index in [2.05, 4.69) is 0 Å². The average Bonchev–Trinajstić information content (AvgIpc) is 2.66. The lowest BCUT2D eigenvalue weighted by Gasteiger charge is -2.16. The van der Waals surface area contributed by atoms with Gasteiger partial charge in [-0.15, -0.1) is 0 Å². The zero-order valence-electron chi connectivity index (χ0n) is 11.8. The van der Waals surface area contributed by atoms with Crippen LogP contribution in [0.3, 0.4) is 0 Å². The van der Waals surface area contributed by atoms with E-state index in [1.807, 2.05) is 13.8 Å². The van der Waals surface area contributed by atoms with E-state index in [-0.39, 0.29) is 18.6 Å². The number of carbonyl (C=O) groups excluding carboxylic acids is 2. The quantitative estimate of drug-likeness (QED) is 0.544. The summed E-state index contributed by atoms with van der Waals surface area (Å²) in [5.74, 6) is -1.32. The van der Waals surface area contributed by atoms with Crippen LogP contribution in [0.5, 0.6) is 0 Å². The van der Waals surface area contributed by atoms with Gasteiger partial charge in [0.05, 0.1) is 13.2 Å². The molecular formula is C13H21NO5. The highest BCUT2D eigenvalue weighted by Gasteiger charge is 2.31. The summed E-state index contributed by atoms with van der Waals surface area (Å²) in [5.41, 5.74) is 0. The second kappa shape index (κ2) is 6.68. The first-order valence-corrected chi connectivity index (χ1v) is 6.24. The van der Waals surface area contributed by atoms with Crippen molar-refractivity contribution in [3.05, 3.63) is 12.2 Å². The Bertz CT molecular complexity index is 364. The van der Waals surface area contributed by atoms with E-state index in [0.29, 0.717) is 13.2 Å². The molecule has 19 heavy (non-hydrogen) atoms. The lowest BCUT2D eigenvalue weighted by molar-refractivity contribution is -0.147. The largest absolute Gasteiger partial charge is 0.465 e. The van der Waals surface area contributed by atoms with E-state index < -0.39 is 11.8 Å². The molecule has 1 fully saturated rings. The predicted molar refractivity (Wildman–Crippen MR) is 68.3 cm³/mol. The van der Waals surface area contributed by atoms with Crippen LogP contribution in [0.2, 0.25) is 0 Å². The third kappa shape index (κ3) is 5.40. The van der Waals surface area contributed by atoms with Crippen molar-refractivity contribution in [2.24, 2.45) is 0 Å². The SMILES string of the molecule is CCOC(=O)CN(C)C(=O)/C=C/[C@H]1COC(C)(C)O1. The highest BCUT2D eigenvalue weighted by atomic mass is 16.7. The number of esters is 1. The second-order valence-corrected chi connectivity index (χ2v) is 4.73. The number of likely N-dealkylation sites (N-methyl/N-ethyl adjacent to an activating group) is 1. The fourth-order valence-electron chi connectivity index (χ4n) is 1.61. The van der Waals surface area contributed by atoms with Gasteiger partial charge in [0, 0.05) is 13.1 Å².